The molecule has 0 aromatic heterocycles. The summed E-state index contributed by atoms with van der Waals surface area (Å²) in [4.78, 5) is 12.2. The fraction of sp³-hybridized carbons (Fsp3) is 0.188. The maximum atomic E-state index is 13.0. The number of carbonyl (C=O) groups excluding carboxylic acids is 1. The van der Waals surface area contributed by atoms with E-state index in [4.69, 9.17) is 10.5 Å². The summed E-state index contributed by atoms with van der Waals surface area (Å²) in [6.45, 7) is 2.56. The van der Waals surface area contributed by atoms with Crippen molar-refractivity contribution in [3.8, 4) is 5.75 Å². The topological polar surface area (TPSA) is 64.3 Å². The van der Waals surface area contributed by atoms with Crippen LogP contribution in [0.15, 0.2) is 42.5 Å². The summed E-state index contributed by atoms with van der Waals surface area (Å²) < 4.78 is 18.6. The maximum Gasteiger partial charge on any atom is 0.257 e. The molecule has 4 nitrogen and oxygen atoms in total. The van der Waals surface area contributed by atoms with Crippen molar-refractivity contribution >= 4 is 17.3 Å². The number of para-hydroxylation sites is 2. The largest absolute Gasteiger partial charge is 0.491 e. The third-order valence-electron chi connectivity index (χ3n) is 2.86. The molecule has 2 aromatic rings. The SMILES string of the molecule is CCCOc1ccccc1NC(=O)c1ccc(F)cc1N. The molecular weight excluding hydrogens is 271 g/mol. The lowest BCUT2D eigenvalue weighted by Crippen LogP contribution is -2.15. The van der Waals surface area contributed by atoms with Crippen LogP contribution in [0.2, 0.25) is 0 Å². The molecule has 2 aromatic carbocycles. The lowest BCUT2D eigenvalue weighted by Gasteiger charge is -2.12. The fourth-order valence-corrected chi connectivity index (χ4v) is 1.84. The average molecular weight is 288 g/mol. The van der Waals surface area contributed by atoms with Gasteiger partial charge in [0.15, 0.2) is 0 Å². The van der Waals surface area contributed by atoms with Gasteiger partial charge in [0.05, 0.1) is 17.9 Å². The maximum absolute atomic E-state index is 13.0. The molecule has 5 heteroatoms. The van der Waals surface area contributed by atoms with Crippen LogP contribution in [0.1, 0.15) is 23.7 Å². The third kappa shape index (κ3) is 3.72. The number of rotatable bonds is 5. The van der Waals surface area contributed by atoms with Gasteiger partial charge in [-0.05, 0) is 36.8 Å². The normalized spacial score (nSPS) is 10.2. The van der Waals surface area contributed by atoms with Gasteiger partial charge in [-0.1, -0.05) is 19.1 Å². The van der Waals surface area contributed by atoms with Crippen LogP contribution in [0.4, 0.5) is 15.8 Å². The Labute approximate surface area is 122 Å². The van der Waals surface area contributed by atoms with Crippen LogP contribution >= 0.6 is 0 Å². The molecule has 110 valence electrons. The van der Waals surface area contributed by atoms with Gasteiger partial charge in [0.1, 0.15) is 11.6 Å². The summed E-state index contributed by atoms with van der Waals surface area (Å²) in [5.41, 5.74) is 6.54. The number of ether oxygens (including phenoxy) is 1. The van der Waals surface area contributed by atoms with Crippen molar-refractivity contribution in [3.63, 3.8) is 0 Å². The Kier molecular flexibility index (Phi) is 4.77. The minimum absolute atomic E-state index is 0.0967. The number of hydrogen-bond donors (Lipinski definition) is 2. The minimum Gasteiger partial charge on any atom is -0.491 e. The van der Waals surface area contributed by atoms with Gasteiger partial charge in [-0.3, -0.25) is 4.79 Å². The summed E-state index contributed by atoms with van der Waals surface area (Å²) in [6.07, 6.45) is 0.868. The average Bonchev–Trinajstić information content (AvgIpc) is 2.46. The smallest absolute Gasteiger partial charge is 0.257 e. The Bertz CT molecular complexity index is 644. The highest BCUT2D eigenvalue weighted by Gasteiger charge is 2.13. The number of nitrogens with two attached hydrogens (primary N) is 1. The number of halogens is 1. The Hall–Kier alpha value is -2.56. The van der Waals surface area contributed by atoms with Gasteiger partial charge < -0.3 is 15.8 Å². The highest BCUT2D eigenvalue weighted by Crippen LogP contribution is 2.25. The van der Waals surface area contributed by atoms with Gasteiger partial charge in [-0.15, -0.1) is 0 Å². The predicted molar refractivity (Wildman–Crippen MR) is 81.0 cm³/mol. The molecule has 0 aliphatic carbocycles. The highest BCUT2D eigenvalue weighted by molar-refractivity contribution is 6.08. The van der Waals surface area contributed by atoms with Crippen molar-refractivity contribution in [2.24, 2.45) is 0 Å². The van der Waals surface area contributed by atoms with Gasteiger partial charge in [-0.2, -0.15) is 0 Å². The number of nitrogens with one attached hydrogen (secondary N) is 1. The second kappa shape index (κ2) is 6.74. The molecule has 0 aliphatic heterocycles. The lowest BCUT2D eigenvalue weighted by atomic mass is 10.1. The standard InChI is InChI=1S/C16H17FN2O2/c1-2-9-21-15-6-4-3-5-14(15)19-16(20)12-8-7-11(17)10-13(12)18/h3-8,10H,2,9,18H2,1H3,(H,19,20). The van der Waals surface area contributed by atoms with Crippen LogP contribution in [0.25, 0.3) is 0 Å². The monoisotopic (exact) mass is 288 g/mol. The van der Waals surface area contributed by atoms with E-state index in [1.54, 1.807) is 18.2 Å². The van der Waals surface area contributed by atoms with Crippen LogP contribution < -0.4 is 15.8 Å². The van der Waals surface area contributed by atoms with E-state index in [0.29, 0.717) is 18.0 Å². The Balaban J connectivity index is 2.19. The van der Waals surface area contributed by atoms with Gasteiger partial charge in [-0.25, -0.2) is 4.39 Å². The van der Waals surface area contributed by atoms with Crippen molar-refractivity contribution in [2.45, 2.75) is 13.3 Å². The zero-order chi connectivity index (χ0) is 15.2. The van der Waals surface area contributed by atoms with E-state index in [0.717, 1.165) is 12.5 Å². The first-order valence-electron chi connectivity index (χ1n) is 6.70. The van der Waals surface area contributed by atoms with Crippen LogP contribution in [-0.2, 0) is 0 Å². The predicted octanol–water partition coefficient (Wildman–Crippen LogP) is 3.45. The molecule has 0 aliphatic rings. The van der Waals surface area contributed by atoms with Crippen molar-refractivity contribution in [1.82, 2.24) is 0 Å². The van der Waals surface area contributed by atoms with Crippen LogP contribution in [0.5, 0.6) is 5.75 Å². The molecule has 0 spiro atoms. The van der Waals surface area contributed by atoms with Crippen molar-refractivity contribution in [3.05, 3.63) is 53.8 Å². The molecule has 0 fully saturated rings. The minimum atomic E-state index is -0.476. The molecule has 0 radical (unpaired) electrons. The molecule has 0 unspecified atom stereocenters. The Morgan fingerprint density at radius 3 is 2.76 bits per heavy atom. The van der Waals surface area contributed by atoms with Gasteiger partial charge in [0.25, 0.3) is 5.91 Å². The molecule has 21 heavy (non-hydrogen) atoms. The second-order valence-electron chi connectivity index (χ2n) is 4.53. The van der Waals surface area contributed by atoms with E-state index < -0.39 is 11.7 Å². The Morgan fingerprint density at radius 2 is 2.05 bits per heavy atom. The first kappa shape index (κ1) is 14.8. The van der Waals surface area contributed by atoms with E-state index >= 15 is 0 Å². The zero-order valence-corrected chi connectivity index (χ0v) is 11.7. The molecule has 0 heterocycles. The molecule has 2 rings (SSSR count). The lowest BCUT2D eigenvalue weighted by molar-refractivity contribution is 0.102. The number of benzene rings is 2. The Morgan fingerprint density at radius 1 is 1.29 bits per heavy atom. The van der Waals surface area contributed by atoms with Gasteiger partial charge >= 0.3 is 0 Å². The van der Waals surface area contributed by atoms with E-state index in [2.05, 4.69) is 5.32 Å². The quantitative estimate of drug-likeness (QED) is 0.828. The van der Waals surface area contributed by atoms with Crippen LogP contribution in [0, 0.1) is 5.82 Å². The summed E-state index contributed by atoms with van der Waals surface area (Å²) in [5.74, 6) is -0.288. The first-order chi connectivity index (χ1) is 10.1. The highest BCUT2D eigenvalue weighted by atomic mass is 19.1. The zero-order valence-electron chi connectivity index (χ0n) is 11.7. The van der Waals surface area contributed by atoms with E-state index in [9.17, 15) is 9.18 Å². The number of hydrogen-bond acceptors (Lipinski definition) is 3. The van der Waals surface area contributed by atoms with Crippen LogP contribution in [0.3, 0.4) is 0 Å². The number of carbonyl (C=O) groups is 1. The summed E-state index contributed by atoms with van der Waals surface area (Å²) in [5, 5.41) is 2.73. The van der Waals surface area contributed by atoms with Crippen LogP contribution in [-0.4, -0.2) is 12.5 Å². The van der Waals surface area contributed by atoms with E-state index in [1.807, 2.05) is 13.0 Å². The van der Waals surface area contributed by atoms with Gasteiger partial charge in [0.2, 0.25) is 0 Å². The van der Waals surface area contributed by atoms with E-state index in [1.165, 1.54) is 12.1 Å². The second-order valence-corrected chi connectivity index (χ2v) is 4.53. The summed E-state index contributed by atoms with van der Waals surface area (Å²) >= 11 is 0. The van der Waals surface area contributed by atoms with Crippen molar-refractivity contribution < 1.29 is 13.9 Å². The molecule has 3 N–H and O–H groups in total. The molecular formula is C16H17FN2O2. The molecule has 1 amide bonds. The van der Waals surface area contributed by atoms with E-state index in [-0.39, 0.29) is 11.3 Å². The van der Waals surface area contributed by atoms with Gasteiger partial charge in [0, 0.05) is 5.69 Å². The van der Waals surface area contributed by atoms with Crippen molar-refractivity contribution in [1.29, 1.82) is 0 Å². The summed E-state index contributed by atoms with van der Waals surface area (Å²) in [6, 6.07) is 10.8. The fourth-order valence-electron chi connectivity index (χ4n) is 1.84. The number of nitrogen functional groups attached to an aromatic ring is 1. The molecule has 0 bridgehead atoms. The third-order valence-corrected chi connectivity index (χ3v) is 2.86. The molecule has 0 saturated carbocycles. The molecule has 0 saturated heterocycles. The van der Waals surface area contributed by atoms with Crippen molar-refractivity contribution in [2.75, 3.05) is 17.7 Å². The first-order valence-corrected chi connectivity index (χ1v) is 6.70. The molecule has 0 atom stereocenters. The number of anilines is 2. The summed E-state index contributed by atoms with van der Waals surface area (Å²) in [7, 11) is 0. The number of amides is 1.